The number of amides is 2. The molecule has 0 saturated carbocycles. The molecule has 1 atom stereocenters. The van der Waals surface area contributed by atoms with Crippen LogP contribution in [0.15, 0.2) is 41.9 Å². The minimum atomic E-state index is -0.328. The number of thiazole rings is 1. The molecular formula is C22H25N5O2S. The Morgan fingerprint density at radius 1 is 1.07 bits per heavy atom. The van der Waals surface area contributed by atoms with Crippen LogP contribution in [0.2, 0.25) is 0 Å². The number of hydrogen-bond acceptors (Lipinski definition) is 6. The first-order valence-electron chi connectivity index (χ1n) is 9.75. The molecule has 2 N–H and O–H groups in total. The van der Waals surface area contributed by atoms with Crippen LogP contribution in [0.5, 0.6) is 0 Å². The van der Waals surface area contributed by atoms with Gasteiger partial charge in [-0.15, -0.1) is 11.3 Å². The molecule has 30 heavy (non-hydrogen) atoms. The van der Waals surface area contributed by atoms with Gasteiger partial charge in [0.15, 0.2) is 0 Å². The minimum Gasteiger partial charge on any atom is -0.343 e. The van der Waals surface area contributed by atoms with Crippen molar-refractivity contribution in [2.75, 3.05) is 5.32 Å². The molecule has 3 rings (SSSR count). The van der Waals surface area contributed by atoms with Gasteiger partial charge in [-0.2, -0.15) is 0 Å². The van der Waals surface area contributed by atoms with Crippen LogP contribution in [0.4, 0.5) is 5.82 Å². The summed E-state index contributed by atoms with van der Waals surface area (Å²) in [5.41, 5.74) is 2.46. The molecule has 3 aromatic rings. The molecule has 3 aromatic heterocycles. The summed E-state index contributed by atoms with van der Waals surface area (Å²) in [6, 6.07) is 8.54. The normalized spacial score (nSPS) is 11.9. The molecule has 0 radical (unpaired) electrons. The Kier molecular flexibility index (Phi) is 6.89. The lowest BCUT2D eigenvalue weighted by atomic mass is 10.0. The second-order valence-corrected chi connectivity index (χ2v) is 8.42. The number of aryl methyl sites for hydroxylation is 2. The van der Waals surface area contributed by atoms with E-state index in [2.05, 4.69) is 39.4 Å². The average Bonchev–Trinajstić information content (AvgIpc) is 3.17. The molecule has 8 heteroatoms. The largest absolute Gasteiger partial charge is 0.343 e. The third-order valence-corrected chi connectivity index (χ3v) is 5.27. The minimum absolute atomic E-state index is 0.177. The Balaban J connectivity index is 1.77. The predicted molar refractivity (Wildman–Crippen MR) is 118 cm³/mol. The highest BCUT2D eigenvalue weighted by molar-refractivity contribution is 7.10. The highest BCUT2D eigenvalue weighted by atomic mass is 32.1. The van der Waals surface area contributed by atoms with Crippen molar-refractivity contribution >= 4 is 29.0 Å². The van der Waals surface area contributed by atoms with Crippen molar-refractivity contribution in [3.63, 3.8) is 0 Å². The lowest BCUT2D eigenvalue weighted by Gasteiger charge is -2.19. The van der Waals surface area contributed by atoms with E-state index in [0.717, 1.165) is 11.4 Å². The monoisotopic (exact) mass is 423 g/mol. The molecule has 0 aromatic carbocycles. The van der Waals surface area contributed by atoms with Gasteiger partial charge in [-0.1, -0.05) is 19.9 Å². The molecule has 0 aliphatic carbocycles. The third kappa shape index (κ3) is 5.70. The van der Waals surface area contributed by atoms with Gasteiger partial charge in [0.2, 0.25) is 0 Å². The van der Waals surface area contributed by atoms with Crippen LogP contribution in [-0.2, 0) is 0 Å². The summed E-state index contributed by atoms with van der Waals surface area (Å²) in [4.78, 5) is 38.2. The third-order valence-electron chi connectivity index (χ3n) is 4.32. The Morgan fingerprint density at radius 2 is 1.80 bits per heavy atom. The van der Waals surface area contributed by atoms with Gasteiger partial charge in [0, 0.05) is 28.5 Å². The van der Waals surface area contributed by atoms with E-state index in [1.54, 1.807) is 41.9 Å². The van der Waals surface area contributed by atoms with Crippen LogP contribution < -0.4 is 10.6 Å². The molecule has 3 heterocycles. The van der Waals surface area contributed by atoms with E-state index >= 15 is 0 Å². The number of rotatable bonds is 7. The van der Waals surface area contributed by atoms with Gasteiger partial charge in [-0.05, 0) is 50.5 Å². The lowest BCUT2D eigenvalue weighted by Crippen LogP contribution is -2.30. The molecule has 7 nitrogen and oxygen atoms in total. The van der Waals surface area contributed by atoms with Crippen LogP contribution in [0.25, 0.3) is 0 Å². The first-order valence-corrected chi connectivity index (χ1v) is 10.6. The molecule has 0 spiro atoms. The summed E-state index contributed by atoms with van der Waals surface area (Å²) in [6.07, 6.45) is 2.32. The van der Waals surface area contributed by atoms with Gasteiger partial charge < -0.3 is 10.6 Å². The molecule has 0 fully saturated rings. The second-order valence-electron chi connectivity index (χ2n) is 7.53. The Bertz CT molecular complexity index is 1010. The van der Waals surface area contributed by atoms with Crippen molar-refractivity contribution in [3.05, 3.63) is 69.6 Å². The van der Waals surface area contributed by atoms with E-state index in [1.807, 2.05) is 13.8 Å². The van der Waals surface area contributed by atoms with E-state index in [0.29, 0.717) is 34.4 Å². The number of nitrogens with zero attached hydrogens (tertiary/aromatic N) is 3. The number of nitrogens with one attached hydrogen (secondary N) is 2. The summed E-state index contributed by atoms with van der Waals surface area (Å²) < 4.78 is 0. The Hall–Kier alpha value is -3.13. The van der Waals surface area contributed by atoms with Crippen LogP contribution in [0.3, 0.4) is 0 Å². The van der Waals surface area contributed by atoms with Crippen molar-refractivity contribution in [2.45, 2.75) is 40.2 Å². The fraction of sp³-hybridized carbons (Fsp3) is 0.318. The van der Waals surface area contributed by atoms with E-state index in [9.17, 15) is 9.59 Å². The topological polar surface area (TPSA) is 96.9 Å². The first-order chi connectivity index (χ1) is 14.3. The van der Waals surface area contributed by atoms with E-state index in [-0.39, 0.29) is 17.9 Å². The zero-order chi connectivity index (χ0) is 21.7. The van der Waals surface area contributed by atoms with Gasteiger partial charge in [0.1, 0.15) is 16.5 Å². The van der Waals surface area contributed by atoms with E-state index in [4.69, 9.17) is 0 Å². The maximum atomic E-state index is 12.8. The molecule has 0 saturated heterocycles. The Morgan fingerprint density at radius 3 is 2.43 bits per heavy atom. The molecule has 2 amide bonds. The molecule has 0 unspecified atom stereocenters. The summed E-state index contributed by atoms with van der Waals surface area (Å²) in [5.74, 6) is 0.300. The van der Waals surface area contributed by atoms with E-state index < -0.39 is 0 Å². The number of aromatic nitrogens is 3. The van der Waals surface area contributed by atoms with Crippen molar-refractivity contribution in [1.82, 2.24) is 20.3 Å². The maximum Gasteiger partial charge on any atom is 0.276 e. The summed E-state index contributed by atoms with van der Waals surface area (Å²) in [6.45, 7) is 7.90. The SMILES string of the molecule is Cc1cc(C(=O)N[C@@H](CC(C)C)c2nc(C(=O)Nc3ccccn3)cs2)cc(C)n1. The number of carbonyl (C=O) groups excluding carboxylic acids is 2. The summed E-state index contributed by atoms with van der Waals surface area (Å²) in [5, 5.41) is 8.21. The number of hydrogen-bond donors (Lipinski definition) is 2. The number of pyridine rings is 2. The molecule has 0 aliphatic rings. The van der Waals surface area contributed by atoms with Crippen LogP contribution >= 0.6 is 11.3 Å². The van der Waals surface area contributed by atoms with E-state index in [1.165, 1.54) is 11.3 Å². The highest BCUT2D eigenvalue weighted by Gasteiger charge is 2.22. The zero-order valence-corrected chi connectivity index (χ0v) is 18.3. The van der Waals surface area contributed by atoms with Crippen LogP contribution in [-0.4, -0.2) is 26.8 Å². The second kappa shape index (κ2) is 9.58. The van der Waals surface area contributed by atoms with Crippen molar-refractivity contribution in [2.24, 2.45) is 5.92 Å². The van der Waals surface area contributed by atoms with Crippen molar-refractivity contribution in [3.8, 4) is 0 Å². The zero-order valence-electron chi connectivity index (χ0n) is 17.5. The average molecular weight is 424 g/mol. The van der Waals surface area contributed by atoms with Gasteiger partial charge >= 0.3 is 0 Å². The lowest BCUT2D eigenvalue weighted by molar-refractivity contribution is 0.0931. The van der Waals surface area contributed by atoms with Gasteiger partial charge in [0.05, 0.1) is 6.04 Å². The fourth-order valence-corrected chi connectivity index (χ4v) is 3.93. The predicted octanol–water partition coefficient (Wildman–Crippen LogP) is 4.32. The maximum absolute atomic E-state index is 12.8. The number of anilines is 1. The van der Waals surface area contributed by atoms with Crippen molar-refractivity contribution < 1.29 is 9.59 Å². The molecule has 0 aliphatic heterocycles. The first kappa shape index (κ1) is 21.6. The van der Waals surface area contributed by atoms with Gasteiger partial charge in [0.25, 0.3) is 11.8 Å². The van der Waals surface area contributed by atoms with Gasteiger partial charge in [-0.3, -0.25) is 14.6 Å². The molecule has 0 bridgehead atoms. The van der Waals surface area contributed by atoms with Crippen LogP contribution in [0, 0.1) is 19.8 Å². The molecule has 156 valence electrons. The van der Waals surface area contributed by atoms with Gasteiger partial charge in [-0.25, -0.2) is 9.97 Å². The summed E-state index contributed by atoms with van der Waals surface area (Å²) >= 11 is 1.36. The highest BCUT2D eigenvalue weighted by Crippen LogP contribution is 2.25. The molecular weight excluding hydrogens is 398 g/mol. The Labute approximate surface area is 180 Å². The smallest absolute Gasteiger partial charge is 0.276 e. The standard InChI is InChI=1S/C22H25N5O2S/c1-13(2)9-17(25-20(28)16-10-14(3)24-15(4)11-16)22-26-18(12-30-22)21(29)27-19-7-5-6-8-23-19/h5-8,10-13,17H,9H2,1-4H3,(H,25,28)(H,23,27,29)/t17-/m0/s1. The van der Waals surface area contributed by atoms with Crippen molar-refractivity contribution in [1.29, 1.82) is 0 Å². The van der Waals surface area contributed by atoms with Crippen LogP contribution in [0.1, 0.15) is 63.6 Å². The summed E-state index contributed by atoms with van der Waals surface area (Å²) in [7, 11) is 0. The number of carbonyl (C=O) groups is 2. The fourth-order valence-electron chi connectivity index (χ4n) is 3.07. The quantitative estimate of drug-likeness (QED) is 0.590.